The lowest BCUT2D eigenvalue weighted by atomic mass is 10.2. The van der Waals surface area contributed by atoms with Crippen molar-refractivity contribution >= 4 is 5.91 Å². The second-order valence-electron chi connectivity index (χ2n) is 3.37. The van der Waals surface area contributed by atoms with E-state index >= 15 is 0 Å². The third kappa shape index (κ3) is 2.21. The third-order valence-corrected chi connectivity index (χ3v) is 2.43. The zero-order valence-corrected chi connectivity index (χ0v) is 7.75. The van der Waals surface area contributed by atoms with Crippen molar-refractivity contribution in [2.75, 3.05) is 6.54 Å². The minimum atomic E-state index is -0.0596. The SMILES string of the molecule is CCC(N)N1CCCCCC1=O. The van der Waals surface area contributed by atoms with Crippen LogP contribution in [0, 0.1) is 0 Å². The summed E-state index contributed by atoms with van der Waals surface area (Å²) in [6.45, 7) is 2.87. The Morgan fingerprint density at radius 3 is 2.92 bits per heavy atom. The Morgan fingerprint density at radius 1 is 1.50 bits per heavy atom. The first-order chi connectivity index (χ1) is 5.75. The van der Waals surface area contributed by atoms with Crippen molar-refractivity contribution in [2.24, 2.45) is 5.73 Å². The molecule has 0 bridgehead atoms. The van der Waals surface area contributed by atoms with Crippen LogP contribution in [0.15, 0.2) is 0 Å². The van der Waals surface area contributed by atoms with Gasteiger partial charge in [0, 0.05) is 13.0 Å². The predicted molar refractivity (Wildman–Crippen MR) is 48.4 cm³/mol. The fourth-order valence-electron chi connectivity index (χ4n) is 1.57. The standard InChI is InChI=1S/C9H18N2O/c1-2-8(10)11-7-5-3-4-6-9(11)12/h8H,2-7,10H2,1H3. The van der Waals surface area contributed by atoms with Crippen molar-refractivity contribution < 1.29 is 4.79 Å². The molecule has 1 unspecified atom stereocenters. The molecule has 2 N–H and O–H groups in total. The normalized spacial score (nSPS) is 22.2. The number of hydrogen-bond donors (Lipinski definition) is 1. The van der Waals surface area contributed by atoms with E-state index in [1.54, 1.807) is 0 Å². The predicted octanol–water partition coefficient (Wildman–Crippen LogP) is 1.08. The van der Waals surface area contributed by atoms with Crippen LogP contribution in [-0.4, -0.2) is 23.5 Å². The number of carbonyl (C=O) groups excluding carboxylic acids is 1. The van der Waals surface area contributed by atoms with Gasteiger partial charge in [0.2, 0.25) is 5.91 Å². The molecule has 3 nitrogen and oxygen atoms in total. The average Bonchev–Trinajstić information content (AvgIpc) is 2.28. The molecule has 1 heterocycles. The van der Waals surface area contributed by atoms with E-state index in [1.807, 2.05) is 11.8 Å². The molecule has 0 aromatic rings. The Hall–Kier alpha value is -0.570. The maximum atomic E-state index is 11.5. The molecule has 1 atom stereocenters. The Kier molecular flexibility index (Phi) is 3.53. The Balaban J connectivity index is 2.52. The molecule has 1 fully saturated rings. The molecule has 1 amide bonds. The molecule has 1 aliphatic rings. The highest BCUT2D eigenvalue weighted by molar-refractivity contribution is 5.76. The Labute approximate surface area is 73.9 Å². The zero-order valence-electron chi connectivity index (χ0n) is 7.75. The van der Waals surface area contributed by atoms with Crippen molar-refractivity contribution in [3.05, 3.63) is 0 Å². The van der Waals surface area contributed by atoms with Crippen LogP contribution in [0.2, 0.25) is 0 Å². The van der Waals surface area contributed by atoms with Gasteiger partial charge in [-0.2, -0.15) is 0 Å². The highest BCUT2D eigenvalue weighted by atomic mass is 16.2. The topological polar surface area (TPSA) is 46.3 Å². The maximum absolute atomic E-state index is 11.5. The van der Waals surface area contributed by atoms with Gasteiger partial charge in [0.15, 0.2) is 0 Å². The van der Waals surface area contributed by atoms with Crippen molar-refractivity contribution in [3.8, 4) is 0 Å². The van der Waals surface area contributed by atoms with E-state index in [9.17, 15) is 4.79 Å². The smallest absolute Gasteiger partial charge is 0.223 e. The van der Waals surface area contributed by atoms with E-state index < -0.39 is 0 Å². The Bertz CT molecular complexity index is 159. The Morgan fingerprint density at radius 2 is 2.25 bits per heavy atom. The van der Waals surface area contributed by atoms with Crippen LogP contribution in [0.4, 0.5) is 0 Å². The van der Waals surface area contributed by atoms with Crippen LogP contribution < -0.4 is 5.73 Å². The van der Waals surface area contributed by atoms with Crippen LogP contribution in [0.3, 0.4) is 0 Å². The van der Waals surface area contributed by atoms with Gasteiger partial charge in [0.1, 0.15) is 0 Å². The molecule has 1 saturated heterocycles. The van der Waals surface area contributed by atoms with Crippen molar-refractivity contribution in [3.63, 3.8) is 0 Å². The second kappa shape index (κ2) is 4.45. The number of hydrogen-bond acceptors (Lipinski definition) is 2. The molecule has 1 aliphatic heterocycles. The minimum absolute atomic E-state index is 0.0596. The molecule has 0 aromatic carbocycles. The minimum Gasteiger partial charge on any atom is -0.327 e. The van der Waals surface area contributed by atoms with Gasteiger partial charge in [-0.1, -0.05) is 13.3 Å². The van der Waals surface area contributed by atoms with Gasteiger partial charge in [-0.25, -0.2) is 0 Å². The molecule has 0 aliphatic carbocycles. The van der Waals surface area contributed by atoms with E-state index in [2.05, 4.69) is 0 Å². The van der Waals surface area contributed by atoms with Crippen LogP contribution in [0.5, 0.6) is 0 Å². The summed E-state index contributed by atoms with van der Waals surface area (Å²) in [5.41, 5.74) is 5.81. The first-order valence-electron chi connectivity index (χ1n) is 4.80. The summed E-state index contributed by atoms with van der Waals surface area (Å²) in [6.07, 6.45) is 4.79. The van der Waals surface area contributed by atoms with E-state index in [1.165, 1.54) is 6.42 Å². The lowest BCUT2D eigenvalue weighted by Gasteiger charge is -2.26. The quantitative estimate of drug-likeness (QED) is 0.674. The number of likely N-dealkylation sites (tertiary alicyclic amines) is 1. The maximum Gasteiger partial charge on any atom is 0.223 e. The summed E-state index contributed by atoms with van der Waals surface area (Å²) in [6, 6.07) is 0. The number of nitrogens with zero attached hydrogens (tertiary/aromatic N) is 1. The van der Waals surface area contributed by atoms with Crippen LogP contribution in [0.1, 0.15) is 39.0 Å². The van der Waals surface area contributed by atoms with E-state index in [0.717, 1.165) is 25.8 Å². The van der Waals surface area contributed by atoms with Gasteiger partial charge < -0.3 is 10.6 Å². The van der Waals surface area contributed by atoms with Crippen molar-refractivity contribution in [2.45, 2.75) is 45.2 Å². The number of carbonyl (C=O) groups is 1. The average molecular weight is 170 g/mol. The second-order valence-corrected chi connectivity index (χ2v) is 3.37. The molecule has 70 valence electrons. The molecule has 0 spiro atoms. The first kappa shape index (κ1) is 9.52. The molecule has 12 heavy (non-hydrogen) atoms. The summed E-state index contributed by atoms with van der Waals surface area (Å²) < 4.78 is 0. The molecule has 0 aromatic heterocycles. The first-order valence-corrected chi connectivity index (χ1v) is 4.80. The third-order valence-electron chi connectivity index (χ3n) is 2.43. The van der Waals surface area contributed by atoms with Gasteiger partial charge in [-0.15, -0.1) is 0 Å². The summed E-state index contributed by atoms with van der Waals surface area (Å²) in [5.74, 6) is 0.238. The summed E-state index contributed by atoms with van der Waals surface area (Å²) in [4.78, 5) is 13.3. The van der Waals surface area contributed by atoms with E-state index in [4.69, 9.17) is 5.73 Å². The number of amides is 1. The largest absolute Gasteiger partial charge is 0.327 e. The molecule has 0 saturated carbocycles. The van der Waals surface area contributed by atoms with E-state index in [0.29, 0.717) is 6.42 Å². The fourth-order valence-corrected chi connectivity index (χ4v) is 1.57. The van der Waals surface area contributed by atoms with Crippen molar-refractivity contribution in [1.82, 2.24) is 4.90 Å². The summed E-state index contributed by atoms with van der Waals surface area (Å²) in [5, 5.41) is 0. The molecule has 3 heteroatoms. The van der Waals surface area contributed by atoms with Crippen LogP contribution in [0.25, 0.3) is 0 Å². The van der Waals surface area contributed by atoms with Crippen LogP contribution >= 0.6 is 0 Å². The van der Waals surface area contributed by atoms with Gasteiger partial charge in [-0.05, 0) is 19.3 Å². The lowest BCUT2D eigenvalue weighted by Crippen LogP contribution is -2.45. The van der Waals surface area contributed by atoms with Gasteiger partial charge >= 0.3 is 0 Å². The van der Waals surface area contributed by atoms with E-state index in [-0.39, 0.29) is 12.1 Å². The molecular formula is C9H18N2O. The molecule has 0 radical (unpaired) electrons. The zero-order chi connectivity index (χ0) is 8.97. The van der Waals surface area contributed by atoms with Crippen LogP contribution in [-0.2, 0) is 4.79 Å². The highest BCUT2D eigenvalue weighted by Crippen LogP contribution is 2.13. The molecule has 1 rings (SSSR count). The number of nitrogens with two attached hydrogens (primary N) is 1. The number of rotatable bonds is 2. The summed E-state index contributed by atoms with van der Waals surface area (Å²) >= 11 is 0. The monoisotopic (exact) mass is 170 g/mol. The fraction of sp³-hybridized carbons (Fsp3) is 0.889. The van der Waals surface area contributed by atoms with Gasteiger partial charge in [0.05, 0.1) is 6.17 Å². The van der Waals surface area contributed by atoms with Gasteiger partial charge in [0.25, 0.3) is 0 Å². The lowest BCUT2D eigenvalue weighted by molar-refractivity contribution is -0.132. The highest BCUT2D eigenvalue weighted by Gasteiger charge is 2.20. The van der Waals surface area contributed by atoms with Gasteiger partial charge in [-0.3, -0.25) is 4.79 Å². The molecular weight excluding hydrogens is 152 g/mol. The van der Waals surface area contributed by atoms with Crippen molar-refractivity contribution in [1.29, 1.82) is 0 Å². The summed E-state index contributed by atoms with van der Waals surface area (Å²) in [7, 11) is 0.